The van der Waals surface area contributed by atoms with E-state index in [1.807, 2.05) is 0 Å². The molecule has 0 aromatic rings. The number of rotatable bonds is 44. The van der Waals surface area contributed by atoms with Gasteiger partial charge in [0.2, 0.25) is 0 Å². The highest BCUT2D eigenvalue weighted by Crippen LogP contribution is 2.21. The van der Waals surface area contributed by atoms with Gasteiger partial charge < -0.3 is 19.5 Å². The number of allylic oxidation sites excluding steroid dienone is 1. The monoisotopic (exact) mass is 736 g/mol. The second-order valence-corrected chi connectivity index (χ2v) is 16.0. The van der Waals surface area contributed by atoms with Crippen LogP contribution in [-0.4, -0.2) is 54.9 Å². The van der Waals surface area contributed by atoms with E-state index in [-0.39, 0.29) is 5.97 Å². The Bertz CT molecular complexity index is 712. The predicted molar refractivity (Wildman–Crippen MR) is 227 cm³/mol. The molecule has 0 rings (SSSR count). The van der Waals surface area contributed by atoms with Crippen molar-refractivity contribution >= 4 is 5.97 Å². The van der Waals surface area contributed by atoms with Crippen molar-refractivity contribution in [3.05, 3.63) is 12.3 Å². The summed E-state index contributed by atoms with van der Waals surface area (Å²) >= 11 is 0. The summed E-state index contributed by atoms with van der Waals surface area (Å²) in [6.45, 7) is 15.5. The topological polar surface area (TPSA) is 59.0 Å². The summed E-state index contributed by atoms with van der Waals surface area (Å²) in [6, 6.07) is 0. The molecule has 0 saturated carbocycles. The minimum absolute atomic E-state index is 0.00875. The van der Waals surface area contributed by atoms with Crippen LogP contribution in [0.4, 0.5) is 0 Å². The zero-order chi connectivity index (χ0) is 38.0. The maximum Gasteiger partial charge on any atom is 0.305 e. The van der Waals surface area contributed by atoms with Crippen LogP contribution in [0.5, 0.6) is 0 Å². The Hall–Kier alpha value is -1.07. The lowest BCUT2D eigenvalue weighted by molar-refractivity contribution is -0.143. The Morgan fingerprint density at radius 1 is 0.500 bits per heavy atom. The van der Waals surface area contributed by atoms with E-state index in [4.69, 9.17) is 9.47 Å². The van der Waals surface area contributed by atoms with Gasteiger partial charge in [0.25, 0.3) is 0 Å². The Balaban J connectivity index is 4.09. The molecule has 310 valence electrons. The van der Waals surface area contributed by atoms with Crippen LogP contribution in [-0.2, 0) is 14.3 Å². The van der Waals surface area contributed by atoms with Crippen LogP contribution in [0.1, 0.15) is 245 Å². The smallest absolute Gasteiger partial charge is 0.305 e. The average Bonchev–Trinajstić information content (AvgIpc) is 3.14. The molecule has 5 nitrogen and oxygen atoms in total. The molecule has 0 aromatic carbocycles. The number of carbonyl (C=O) groups excluding carboxylic acids is 1. The Kier molecular flexibility index (Phi) is 41.8. The molecule has 0 atom stereocenters. The first-order chi connectivity index (χ1) is 25.6. The number of aliphatic hydroxyl groups is 1. The predicted octanol–water partition coefficient (Wildman–Crippen LogP) is 14.4. The highest BCUT2D eigenvalue weighted by molar-refractivity contribution is 5.69. The van der Waals surface area contributed by atoms with Crippen molar-refractivity contribution in [3.63, 3.8) is 0 Å². The molecule has 0 bridgehead atoms. The van der Waals surface area contributed by atoms with Crippen molar-refractivity contribution in [3.8, 4) is 0 Å². The van der Waals surface area contributed by atoms with Crippen LogP contribution in [0, 0.1) is 0 Å². The summed E-state index contributed by atoms with van der Waals surface area (Å²) in [4.78, 5) is 14.7. The lowest BCUT2D eigenvalue weighted by Crippen LogP contribution is -2.27. The fourth-order valence-electron chi connectivity index (χ4n) is 7.28. The molecule has 0 saturated heterocycles. The van der Waals surface area contributed by atoms with Gasteiger partial charge in [-0.15, -0.1) is 0 Å². The first kappa shape index (κ1) is 50.9. The molecule has 0 unspecified atom stereocenters. The van der Waals surface area contributed by atoms with Crippen molar-refractivity contribution in [2.75, 3.05) is 32.8 Å². The largest absolute Gasteiger partial charge is 0.495 e. The van der Waals surface area contributed by atoms with Crippen LogP contribution in [0.15, 0.2) is 12.3 Å². The van der Waals surface area contributed by atoms with E-state index >= 15 is 0 Å². The number of hydrogen-bond donors (Lipinski definition) is 1. The summed E-state index contributed by atoms with van der Waals surface area (Å²) in [7, 11) is 0. The van der Waals surface area contributed by atoms with Crippen LogP contribution in [0.25, 0.3) is 0 Å². The molecule has 0 amide bonds. The summed E-state index contributed by atoms with van der Waals surface area (Å²) in [5.74, 6) is 1.02. The van der Waals surface area contributed by atoms with Gasteiger partial charge in [0.1, 0.15) is 0 Å². The number of carbonyl (C=O) groups is 1. The average molecular weight is 736 g/mol. The van der Waals surface area contributed by atoms with Gasteiger partial charge in [-0.25, -0.2) is 0 Å². The molecule has 0 aliphatic carbocycles. The van der Waals surface area contributed by atoms with Crippen LogP contribution < -0.4 is 0 Å². The van der Waals surface area contributed by atoms with Gasteiger partial charge in [0, 0.05) is 19.4 Å². The van der Waals surface area contributed by atoms with Gasteiger partial charge >= 0.3 is 5.97 Å². The maximum absolute atomic E-state index is 12.0. The lowest BCUT2D eigenvalue weighted by Gasteiger charge is -2.22. The zero-order valence-electron chi connectivity index (χ0n) is 35.7. The second-order valence-electron chi connectivity index (χ2n) is 16.0. The van der Waals surface area contributed by atoms with Gasteiger partial charge in [-0.05, 0) is 90.3 Å². The van der Waals surface area contributed by atoms with Gasteiger partial charge in [-0.1, -0.05) is 169 Å². The lowest BCUT2D eigenvalue weighted by atomic mass is 10.0. The summed E-state index contributed by atoms with van der Waals surface area (Å²) in [5, 5.41) is 9.29. The van der Waals surface area contributed by atoms with E-state index in [0.717, 1.165) is 57.4 Å². The Morgan fingerprint density at radius 3 is 1.37 bits per heavy atom. The molecule has 0 spiro atoms. The maximum atomic E-state index is 12.0. The first-order valence-corrected chi connectivity index (χ1v) is 23.4. The van der Waals surface area contributed by atoms with Crippen LogP contribution in [0.2, 0.25) is 0 Å². The van der Waals surface area contributed by atoms with E-state index in [1.165, 1.54) is 186 Å². The third-order valence-electron chi connectivity index (χ3n) is 10.8. The number of ether oxygens (including phenoxy) is 2. The van der Waals surface area contributed by atoms with Crippen LogP contribution in [0.3, 0.4) is 0 Å². The molecule has 1 N–H and O–H groups in total. The first-order valence-electron chi connectivity index (χ1n) is 23.4. The van der Waals surface area contributed by atoms with Crippen molar-refractivity contribution in [1.82, 2.24) is 4.90 Å². The highest BCUT2D eigenvalue weighted by atomic mass is 16.5. The molecule has 5 heteroatoms. The van der Waals surface area contributed by atoms with E-state index < -0.39 is 0 Å². The van der Waals surface area contributed by atoms with E-state index in [1.54, 1.807) is 0 Å². The molecule has 0 aliphatic heterocycles. The summed E-state index contributed by atoms with van der Waals surface area (Å²) in [6.07, 6.45) is 43.3. The second kappa shape index (κ2) is 42.7. The molecule has 0 radical (unpaired) electrons. The van der Waals surface area contributed by atoms with E-state index in [9.17, 15) is 9.90 Å². The van der Waals surface area contributed by atoms with Gasteiger partial charge in [0.15, 0.2) is 0 Å². The normalized spacial score (nSPS) is 11.6. The van der Waals surface area contributed by atoms with Crippen molar-refractivity contribution < 1.29 is 19.4 Å². The highest BCUT2D eigenvalue weighted by Gasteiger charge is 2.12. The Morgan fingerprint density at radius 2 is 0.885 bits per heavy atom. The third-order valence-corrected chi connectivity index (χ3v) is 10.8. The minimum atomic E-state index is -0.00875. The summed E-state index contributed by atoms with van der Waals surface area (Å²) < 4.78 is 11.9. The molecule has 0 aliphatic rings. The van der Waals surface area contributed by atoms with E-state index in [2.05, 4.69) is 32.3 Å². The number of esters is 1. The Labute approximate surface area is 326 Å². The number of nitrogens with zero attached hydrogens (tertiary/aromatic N) is 1. The molecule has 0 aromatic heterocycles. The number of unbranched alkanes of at least 4 members (excludes halogenated alkanes) is 25. The van der Waals surface area contributed by atoms with Gasteiger partial charge in [0.05, 0.1) is 18.5 Å². The van der Waals surface area contributed by atoms with Crippen molar-refractivity contribution in [1.29, 1.82) is 0 Å². The molecule has 0 heterocycles. The van der Waals surface area contributed by atoms with Gasteiger partial charge in [-0.3, -0.25) is 4.79 Å². The summed E-state index contributed by atoms with van der Waals surface area (Å²) in [5.41, 5.74) is 0. The van der Waals surface area contributed by atoms with Crippen LogP contribution >= 0.6 is 0 Å². The molecule has 52 heavy (non-hydrogen) atoms. The van der Waals surface area contributed by atoms with Gasteiger partial charge in [-0.2, -0.15) is 0 Å². The number of hydrogen-bond acceptors (Lipinski definition) is 5. The quantitative estimate of drug-likeness (QED) is 0.0383. The van der Waals surface area contributed by atoms with Crippen molar-refractivity contribution in [2.45, 2.75) is 252 Å². The third kappa shape index (κ3) is 38.6. The van der Waals surface area contributed by atoms with Crippen molar-refractivity contribution in [2.24, 2.45) is 0 Å². The number of aliphatic hydroxyl groups excluding tert-OH is 1. The zero-order valence-corrected chi connectivity index (χ0v) is 35.7. The standard InChI is InChI=1S/C47H93NO4/c1-5-8-11-14-17-26-35-44-51-47(50)39-30-23-19-25-32-41-48(42-33-34-43-49)40-31-24-18-20-27-36-45(4)52-46(37-28-21-15-12-9-6-2)38-29-22-16-13-10-7-3/h46,49H,4-44H2,1-3H3. The fourth-order valence-corrected chi connectivity index (χ4v) is 7.28. The molecular formula is C47H93NO4. The molecular weight excluding hydrogens is 643 g/mol. The minimum Gasteiger partial charge on any atom is -0.495 e. The fraction of sp³-hybridized carbons (Fsp3) is 0.936. The molecule has 0 fully saturated rings. The SMILES string of the molecule is C=C(CCCCCCCN(CCCCO)CCCCCCCC(=O)OCCCCCCCCC)OC(CCCCCCCC)CCCCCCCC. The van der Waals surface area contributed by atoms with E-state index in [0.29, 0.717) is 25.7 Å².